The second-order valence-corrected chi connectivity index (χ2v) is 29.5. The minimum atomic E-state index is -2.40. The standard InChI is InChI=1S/C39H69NO5S2Si2/c1-26-20-18-19-21-27(2)34(45-49(16,17)38(8,9)10)29(4)35(42)39(11,12)32(44-48(14,15)37(5,6)7)24-33(41)43-31(22-26)28(3)23-30-25-47-36(40-30)46-13/h20,23,25,27,29,31-32,34H,18-19,21-22,24H2,1-17H3/b26-20-,28-23+/t27-,29+,31-,32-,34-/m0/s1. The van der Waals surface area contributed by atoms with Crippen molar-refractivity contribution in [2.45, 2.75) is 174 Å². The molecule has 280 valence electrons. The number of thioether (sulfide) groups is 1. The van der Waals surface area contributed by atoms with Crippen LogP contribution in [0.15, 0.2) is 26.9 Å². The molecule has 2 heterocycles. The van der Waals surface area contributed by atoms with Crippen molar-refractivity contribution < 1.29 is 23.2 Å². The number of aromatic nitrogens is 1. The van der Waals surface area contributed by atoms with Crippen molar-refractivity contribution in [2.75, 3.05) is 6.26 Å². The minimum absolute atomic E-state index is 0.00114. The highest BCUT2D eigenvalue weighted by atomic mass is 32.2. The minimum Gasteiger partial charge on any atom is -0.457 e. The predicted octanol–water partition coefficient (Wildman–Crippen LogP) is 11.7. The summed E-state index contributed by atoms with van der Waals surface area (Å²) in [5.74, 6) is -0.436. The van der Waals surface area contributed by atoms with Crippen LogP contribution in [0.1, 0.15) is 121 Å². The molecule has 2 rings (SSSR count). The molecule has 0 radical (unpaired) electrons. The van der Waals surface area contributed by atoms with Crippen LogP contribution < -0.4 is 0 Å². The van der Waals surface area contributed by atoms with Crippen molar-refractivity contribution in [3.05, 3.63) is 28.3 Å². The summed E-state index contributed by atoms with van der Waals surface area (Å²) in [6, 6.07) is 0. The molecule has 0 spiro atoms. The summed E-state index contributed by atoms with van der Waals surface area (Å²) < 4.78 is 21.5. The van der Waals surface area contributed by atoms with E-state index in [2.05, 4.69) is 87.7 Å². The molecule has 0 saturated heterocycles. The average Bonchev–Trinajstić information content (AvgIpc) is 3.42. The molecule has 0 aromatic carbocycles. The molecule has 0 N–H and O–H groups in total. The lowest BCUT2D eigenvalue weighted by atomic mass is 9.73. The number of rotatable bonds is 7. The Kier molecular flexibility index (Phi) is 15.5. The van der Waals surface area contributed by atoms with E-state index in [1.165, 1.54) is 5.57 Å². The lowest BCUT2D eigenvalue weighted by Crippen LogP contribution is -2.54. The Hall–Kier alpha value is -1.05. The highest BCUT2D eigenvalue weighted by Gasteiger charge is 2.50. The molecular weight excluding hydrogens is 683 g/mol. The summed E-state index contributed by atoms with van der Waals surface area (Å²) in [5, 5.41) is 1.95. The first kappa shape index (κ1) is 44.1. The number of hydrogen-bond acceptors (Lipinski definition) is 8. The van der Waals surface area contributed by atoms with Gasteiger partial charge in [-0.25, -0.2) is 4.98 Å². The Morgan fingerprint density at radius 2 is 1.59 bits per heavy atom. The summed E-state index contributed by atoms with van der Waals surface area (Å²) in [6.07, 6.45) is 8.52. The Morgan fingerprint density at radius 3 is 2.12 bits per heavy atom. The van der Waals surface area contributed by atoms with Gasteiger partial charge in [-0.1, -0.05) is 92.6 Å². The van der Waals surface area contributed by atoms with Crippen LogP contribution in [0, 0.1) is 17.3 Å². The number of carbonyl (C=O) groups is 2. The molecule has 1 aliphatic rings. The quantitative estimate of drug-likeness (QED) is 0.119. The molecular formula is C39H69NO5S2Si2. The predicted molar refractivity (Wildman–Crippen MR) is 216 cm³/mol. The highest BCUT2D eigenvalue weighted by Crippen LogP contribution is 2.44. The van der Waals surface area contributed by atoms with E-state index in [1.54, 1.807) is 23.1 Å². The number of hydrogen-bond donors (Lipinski definition) is 0. The number of esters is 1. The highest BCUT2D eigenvalue weighted by molar-refractivity contribution is 8.00. The first-order chi connectivity index (χ1) is 22.2. The second kappa shape index (κ2) is 17.2. The Balaban J connectivity index is 2.66. The molecule has 0 saturated carbocycles. The molecule has 10 heteroatoms. The summed E-state index contributed by atoms with van der Waals surface area (Å²) in [7, 11) is -4.59. The molecule has 0 fully saturated rings. The summed E-state index contributed by atoms with van der Waals surface area (Å²) in [6.45, 7) is 34.6. The molecule has 0 amide bonds. The van der Waals surface area contributed by atoms with Gasteiger partial charge in [0.05, 0.1) is 24.3 Å². The van der Waals surface area contributed by atoms with E-state index in [-0.39, 0.29) is 46.2 Å². The van der Waals surface area contributed by atoms with Gasteiger partial charge in [0.25, 0.3) is 0 Å². The van der Waals surface area contributed by atoms with E-state index in [0.717, 1.165) is 34.9 Å². The summed E-state index contributed by atoms with van der Waals surface area (Å²) >= 11 is 3.24. The fourth-order valence-electron chi connectivity index (χ4n) is 5.84. The third-order valence-electron chi connectivity index (χ3n) is 11.4. The molecule has 1 aliphatic heterocycles. The number of thiazole rings is 1. The fourth-order valence-corrected chi connectivity index (χ4v) is 9.98. The third-order valence-corrected chi connectivity index (χ3v) is 22.3. The zero-order valence-electron chi connectivity index (χ0n) is 34.0. The van der Waals surface area contributed by atoms with Gasteiger partial charge in [-0.3, -0.25) is 9.59 Å². The maximum absolute atomic E-state index is 14.8. The Morgan fingerprint density at radius 1 is 1.02 bits per heavy atom. The number of carbonyl (C=O) groups excluding carboxylic acids is 2. The fraction of sp³-hybridized carbons (Fsp3) is 0.769. The van der Waals surface area contributed by atoms with E-state index in [4.69, 9.17) is 18.6 Å². The van der Waals surface area contributed by atoms with E-state index in [1.807, 2.05) is 45.4 Å². The molecule has 0 bridgehead atoms. The number of cyclic esters (lactones) is 1. The molecule has 6 nitrogen and oxygen atoms in total. The van der Waals surface area contributed by atoms with Crippen LogP contribution in [0.2, 0.25) is 36.3 Å². The molecule has 0 aliphatic carbocycles. The van der Waals surface area contributed by atoms with E-state index < -0.39 is 34.3 Å². The van der Waals surface area contributed by atoms with Gasteiger partial charge in [0.15, 0.2) is 16.6 Å². The Bertz CT molecular complexity index is 1340. The maximum Gasteiger partial charge on any atom is 0.309 e. The maximum atomic E-state index is 14.8. The lowest BCUT2D eigenvalue weighted by molar-refractivity contribution is -0.153. The lowest BCUT2D eigenvalue weighted by Gasteiger charge is -2.46. The first-order valence-electron chi connectivity index (χ1n) is 18.2. The summed E-state index contributed by atoms with van der Waals surface area (Å²) in [5.41, 5.74) is 2.07. The van der Waals surface area contributed by atoms with Crippen LogP contribution in [0.4, 0.5) is 0 Å². The number of ketones is 1. The SMILES string of the molecule is CSc1nc(/C=C(\C)[C@@H]2C/C(C)=C\CCC[C@H](C)[C@H](O[Si](C)(C)C(C)(C)C)[C@@H](C)C(=O)C(C)(C)[C@@H](O[Si](C)(C)C(C)(C)C)CC(=O)O2)cs1. The van der Waals surface area contributed by atoms with Crippen LogP contribution in [0.3, 0.4) is 0 Å². The van der Waals surface area contributed by atoms with Gasteiger partial charge in [0.2, 0.25) is 0 Å². The summed E-state index contributed by atoms with van der Waals surface area (Å²) in [4.78, 5) is 33.6. The van der Waals surface area contributed by atoms with Crippen LogP contribution in [0.25, 0.3) is 6.08 Å². The largest absolute Gasteiger partial charge is 0.457 e. The van der Waals surface area contributed by atoms with Crippen LogP contribution >= 0.6 is 23.1 Å². The molecule has 49 heavy (non-hydrogen) atoms. The third kappa shape index (κ3) is 12.0. The van der Waals surface area contributed by atoms with Crippen molar-refractivity contribution in [3.8, 4) is 0 Å². The Labute approximate surface area is 310 Å². The van der Waals surface area contributed by atoms with Crippen LogP contribution in [0.5, 0.6) is 0 Å². The second-order valence-electron chi connectivity index (χ2n) is 18.1. The van der Waals surface area contributed by atoms with Crippen LogP contribution in [-0.4, -0.2) is 57.9 Å². The van der Waals surface area contributed by atoms with E-state index >= 15 is 0 Å². The van der Waals surface area contributed by atoms with E-state index in [9.17, 15) is 9.59 Å². The molecule has 1 aromatic heterocycles. The number of allylic oxidation sites excluding steroid dienone is 1. The molecule has 1 aromatic rings. The number of Topliss-reactive ketones (excluding diaryl/α,β-unsaturated/α-hetero) is 1. The molecule has 0 unspecified atom stereocenters. The number of nitrogens with zero attached hydrogens (tertiary/aromatic N) is 1. The first-order valence-corrected chi connectivity index (χ1v) is 26.1. The van der Waals surface area contributed by atoms with Crippen molar-refractivity contribution in [1.82, 2.24) is 4.98 Å². The van der Waals surface area contributed by atoms with E-state index in [0.29, 0.717) is 6.42 Å². The number of ether oxygens (including phenoxy) is 1. The normalized spacial score (nSPS) is 27.4. The van der Waals surface area contributed by atoms with Gasteiger partial charge in [-0.05, 0) is 93.2 Å². The van der Waals surface area contributed by atoms with Gasteiger partial charge < -0.3 is 13.6 Å². The van der Waals surface area contributed by atoms with Crippen molar-refractivity contribution >= 4 is 57.6 Å². The van der Waals surface area contributed by atoms with Gasteiger partial charge >= 0.3 is 5.97 Å². The topological polar surface area (TPSA) is 74.7 Å². The average molecular weight is 752 g/mol. The van der Waals surface area contributed by atoms with Gasteiger partial charge in [-0.2, -0.15) is 0 Å². The molecule has 5 atom stereocenters. The van der Waals surface area contributed by atoms with Gasteiger partial charge in [0.1, 0.15) is 16.2 Å². The zero-order chi connectivity index (χ0) is 37.8. The van der Waals surface area contributed by atoms with Crippen molar-refractivity contribution in [3.63, 3.8) is 0 Å². The monoisotopic (exact) mass is 751 g/mol. The smallest absolute Gasteiger partial charge is 0.309 e. The van der Waals surface area contributed by atoms with Gasteiger partial charge in [-0.15, -0.1) is 11.3 Å². The van der Waals surface area contributed by atoms with Crippen molar-refractivity contribution in [2.24, 2.45) is 17.3 Å². The van der Waals surface area contributed by atoms with Crippen molar-refractivity contribution in [1.29, 1.82) is 0 Å². The van der Waals surface area contributed by atoms with Crippen LogP contribution in [-0.2, 0) is 23.2 Å². The van der Waals surface area contributed by atoms with Gasteiger partial charge in [0, 0.05) is 23.1 Å². The zero-order valence-corrected chi connectivity index (χ0v) is 37.6.